The second kappa shape index (κ2) is 11.1. The highest BCUT2D eigenvalue weighted by Crippen LogP contribution is 2.31. The molecule has 3 aromatic rings. The summed E-state index contributed by atoms with van der Waals surface area (Å²) in [5.41, 5.74) is 2.31. The van der Waals surface area contributed by atoms with Crippen LogP contribution in [0.3, 0.4) is 0 Å². The van der Waals surface area contributed by atoms with Crippen molar-refractivity contribution >= 4 is 22.7 Å². The van der Waals surface area contributed by atoms with Gasteiger partial charge in [0.15, 0.2) is 11.5 Å². The summed E-state index contributed by atoms with van der Waals surface area (Å²) in [7, 11) is 4.07. The van der Waals surface area contributed by atoms with Crippen molar-refractivity contribution in [1.29, 1.82) is 0 Å². The number of fused-ring (bicyclic) bond motifs is 2. The first-order chi connectivity index (χ1) is 17.2. The Morgan fingerprint density at radius 3 is 2.49 bits per heavy atom. The Hall–Kier alpha value is -3.06. The SMILES string of the molecule is CN(C)c1nc(NC2CCC(NCCCCc3ccc4c(c3)OCCO4)CC2)nc2ccccc12. The van der Waals surface area contributed by atoms with Crippen molar-refractivity contribution in [3.8, 4) is 11.5 Å². The molecule has 1 fully saturated rings. The zero-order chi connectivity index (χ0) is 24.0. The van der Waals surface area contributed by atoms with E-state index in [1.165, 1.54) is 31.2 Å². The summed E-state index contributed by atoms with van der Waals surface area (Å²) < 4.78 is 11.3. The Morgan fingerprint density at radius 1 is 0.886 bits per heavy atom. The number of anilines is 2. The molecule has 0 bridgehead atoms. The Bertz CT molecular complexity index is 1130. The van der Waals surface area contributed by atoms with Gasteiger partial charge in [-0.1, -0.05) is 18.2 Å². The zero-order valence-electron chi connectivity index (χ0n) is 20.9. The monoisotopic (exact) mass is 475 g/mol. The second-order valence-electron chi connectivity index (χ2n) is 9.86. The van der Waals surface area contributed by atoms with E-state index < -0.39 is 0 Å². The minimum Gasteiger partial charge on any atom is -0.486 e. The summed E-state index contributed by atoms with van der Waals surface area (Å²) in [5.74, 6) is 3.47. The third-order valence-electron chi connectivity index (χ3n) is 7.00. The average Bonchev–Trinajstić information content (AvgIpc) is 2.89. The first kappa shape index (κ1) is 23.7. The molecule has 0 radical (unpaired) electrons. The van der Waals surface area contributed by atoms with E-state index in [-0.39, 0.29) is 0 Å². The first-order valence-electron chi connectivity index (χ1n) is 13.0. The standard InChI is InChI=1S/C28H37N5O2/c1-33(2)27-23-8-3-4-9-24(23)31-28(32-27)30-22-13-11-21(12-14-22)29-16-6-5-7-20-10-15-25-26(19-20)35-18-17-34-25/h3-4,8-10,15,19,21-22,29H,5-7,11-14,16-18H2,1-2H3,(H,30,31,32). The lowest BCUT2D eigenvalue weighted by Crippen LogP contribution is -2.37. The van der Waals surface area contributed by atoms with Crippen molar-refractivity contribution in [3.63, 3.8) is 0 Å². The molecule has 2 aromatic carbocycles. The van der Waals surface area contributed by atoms with E-state index in [2.05, 4.69) is 39.8 Å². The largest absolute Gasteiger partial charge is 0.486 e. The minimum absolute atomic E-state index is 0.430. The summed E-state index contributed by atoms with van der Waals surface area (Å²) in [6.45, 7) is 2.36. The van der Waals surface area contributed by atoms with Crippen LogP contribution >= 0.6 is 0 Å². The lowest BCUT2D eigenvalue weighted by molar-refractivity contribution is 0.171. The number of ether oxygens (including phenoxy) is 2. The maximum absolute atomic E-state index is 5.70. The molecular formula is C28H37N5O2. The molecule has 1 aliphatic carbocycles. The molecule has 1 aromatic heterocycles. The molecule has 1 saturated carbocycles. The molecule has 0 unspecified atom stereocenters. The normalized spacial score (nSPS) is 19.5. The van der Waals surface area contributed by atoms with Gasteiger partial charge in [0.25, 0.3) is 0 Å². The van der Waals surface area contributed by atoms with Crippen LogP contribution in [-0.2, 0) is 6.42 Å². The molecule has 0 spiro atoms. The number of rotatable bonds is 9. The van der Waals surface area contributed by atoms with Gasteiger partial charge in [0.1, 0.15) is 19.0 Å². The Kier molecular flexibility index (Phi) is 7.52. The predicted molar refractivity (Wildman–Crippen MR) is 142 cm³/mol. The van der Waals surface area contributed by atoms with Gasteiger partial charge in [-0.3, -0.25) is 0 Å². The van der Waals surface area contributed by atoms with Crippen molar-refractivity contribution in [3.05, 3.63) is 48.0 Å². The number of para-hydroxylation sites is 1. The van der Waals surface area contributed by atoms with Crippen molar-refractivity contribution in [2.45, 2.75) is 57.0 Å². The summed E-state index contributed by atoms with van der Waals surface area (Å²) in [6.07, 6.45) is 8.10. The van der Waals surface area contributed by atoms with Gasteiger partial charge < -0.3 is 25.0 Å². The first-order valence-corrected chi connectivity index (χ1v) is 13.0. The molecule has 0 amide bonds. The number of nitrogens with zero attached hydrogens (tertiary/aromatic N) is 3. The Balaban J connectivity index is 1.03. The van der Waals surface area contributed by atoms with Gasteiger partial charge in [-0.05, 0) is 81.3 Å². The fraction of sp³-hybridized carbons (Fsp3) is 0.500. The smallest absolute Gasteiger partial charge is 0.225 e. The number of aromatic nitrogens is 2. The summed E-state index contributed by atoms with van der Waals surface area (Å²) >= 11 is 0. The highest BCUT2D eigenvalue weighted by molar-refractivity contribution is 5.90. The number of benzene rings is 2. The molecule has 0 atom stereocenters. The van der Waals surface area contributed by atoms with E-state index in [1.54, 1.807) is 0 Å². The van der Waals surface area contributed by atoms with Gasteiger partial charge in [-0.25, -0.2) is 4.98 Å². The van der Waals surface area contributed by atoms with Crippen LogP contribution in [0.2, 0.25) is 0 Å². The zero-order valence-corrected chi connectivity index (χ0v) is 20.9. The van der Waals surface area contributed by atoms with Crippen LogP contribution in [0.1, 0.15) is 44.1 Å². The van der Waals surface area contributed by atoms with Crippen LogP contribution < -0.4 is 25.0 Å². The molecule has 35 heavy (non-hydrogen) atoms. The third kappa shape index (κ3) is 5.96. The molecule has 1 aliphatic heterocycles. The molecule has 5 rings (SSSR count). The minimum atomic E-state index is 0.430. The molecule has 0 saturated heterocycles. The van der Waals surface area contributed by atoms with E-state index in [0.29, 0.717) is 25.3 Å². The fourth-order valence-corrected chi connectivity index (χ4v) is 5.09. The summed E-state index contributed by atoms with van der Waals surface area (Å²) in [6, 6.07) is 15.6. The number of unbranched alkanes of at least 4 members (excludes halogenated alkanes) is 1. The lowest BCUT2D eigenvalue weighted by Gasteiger charge is -2.30. The van der Waals surface area contributed by atoms with Crippen LogP contribution in [0.15, 0.2) is 42.5 Å². The van der Waals surface area contributed by atoms with E-state index in [4.69, 9.17) is 19.4 Å². The molecular weight excluding hydrogens is 438 g/mol. The number of hydrogen-bond donors (Lipinski definition) is 2. The van der Waals surface area contributed by atoms with Gasteiger partial charge in [0.05, 0.1) is 5.52 Å². The van der Waals surface area contributed by atoms with Crippen LogP contribution in [0.5, 0.6) is 11.5 Å². The third-order valence-corrected chi connectivity index (χ3v) is 7.00. The molecule has 7 nitrogen and oxygen atoms in total. The highest BCUT2D eigenvalue weighted by Gasteiger charge is 2.22. The second-order valence-corrected chi connectivity index (χ2v) is 9.86. The van der Waals surface area contributed by atoms with E-state index in [9.17, 15) is 0 Å². The van der Waals surface area contributed by atoms with Crippen molar-refractivity contribution in [2.75, 3.05) is 44.1 Å². The topological polar surface area (TPSA) is 71.5 Å². The average molecular weight is 476 g/mol. The summed E-state index contributed by atoms with van der Waals surface area (Å²) in [4.78, 5) is 11.6. The Labute approximate surface area is 208 Å². The van der Waals surface area contributed by atoms with Gasteiger partial charge in [-0.2, -0.15) is 4.98 Å². The van der Waals surface area contributed by atoms with Crippen molar-refractivity contribution < 1.29 is 9.47 Å². The van der Waals surface area contributed by atoms with Gasteiger partial charge in [0, 0.05) is 31.6 Å². The van der Waals surface area contributed by atoms with Crippen LogP contribution in [-0.4, -0.2) is 55.9 Å². The van der Waals surface area contributed by atoms with Crippen molar-refractivity contribution in [1.82, 2.24) is 15.3 Å². The predicted octanol–water partition coefficient (Wildman–Crippen LogP) is 4.80. The van der Waals surface area contributed by atoms with Crippen LogP contribution in [0.25, 0.3) is 10.9 Å². The number of aryl methyl sites for hydroxylation is 1. The number of nitrogens with one attached hydrogen (secondary N) is 2. The van der Waals surface area contributed by atoms with E-state index in [1.807, 2.05) is 32.3 Å². The number of hydrogen-bond acceptors (Lipinski definition) is 7. The van der Waals surface area contributed by atoms with E-state index in [0.717, 1.165) is 60.0 Å². The molecule has 186 valence electrons. The van der Waals surface area contributed by atoms with Crippen molar-refractivity contribution in [2.24, 2.45) is 0 Å². The molecule has 2 aliphatic rings. The van der Waals surface area contributed by atoms with Crippen LogP contribution in [0.4, 0.5) is 11.8 Å². The molecule has 7 heteroatoms. The van der Waals surface area contributed by atoms with Gasteiger partial charge >= 0.3 is 0 Å². The summed E-state index contributed by atoms with van der Waals surface area (Å²) in [5, 5.41) is 8.48. The maximum Gasteiger partial charge on any atom is 0.225 e. The highest BCUT2D eigenvalue weighted by atomic mass is 16.6. The Morgan fingerprint density at radius 2 is 1.66 bits per heavy atom. The lowest BCUT2D eigenvalue weighted by atomic mass is 9.91. The maximum atomic E-state index is 5.70. The quantitative estimate of drug-likeness (QED) is 0.431. The fourth-order valence-electron chi connectivity index (χ4n) is 5.09. The molecule has 2 heterocycles. The van der Waals surface area contributed by atoms with Gasteiger partial charge in [-0.15, -0.1) is 0 Å². The molecule has 2 N–H and O–H groups in total. The van der Waals surface area contributed by atoms with Gasteiger partial charge in [0.2, 0.25) is 5.95 Å². The van der Waals surface area contributed by atoms with E-state index >= 15 is 0 Å². The van der Waals surface area contributed by atoms with Crippen LogP contribution in [0, 0.1) is 0 Å².